The standard InChI is InChI=1S/C19H23N7O/c1-25-8-7-21-19(25)16-4-5-18(24-23-16)22-14-17(15-3-2-6-20-13-15)26-9-11-27-12-10-26/h2-8,13,17H,9-12,14H2,1H3,(H,22,24). The van der Waals surface area contributed by atoms with Gasteiger partial charge in [0.2, 0.25) is 0 Å². The lowest BCUT2D eigenvalue weighted by atomic mass is 10.1. The molecule has 1 aliphatic heterocycles. The zero-order valence-electron chi connectivity index (χ0n) is 15.3. The predicted octanol–water partition coefficient (Wildman–Crippen LogP) is 1.76. The molecule has 27 heavy (non-hydrogen) atoms. The summed E-state index contributed by atoms with van der Waals surface area (Å²) >= 11 is 0. The van der Waals surface area contributed by atoms with Crippen molar-refractivity contribution in [3.05, 3.63) is 54.6 Å². The molecule has 1 unspecified atom stereocenters. The first kappa shape index (κ1) is 17.6. The Morgan fingerprint density at radius 1 is 1.15 bits per heavy atom. The van der Waals surface area contributed by atoms with Gasteiger partial charge in [-0.15, -0.1) is 10.2 Å². The number of rotatable bonds is 6. The minimum atomic E-state index is 0.207. The highest BCUT2D eigenvalue weighted by atomic mass is 16.5. The average molecular weight is 365 g/mol. The molecule has 140 valence electrons. The van der Waals surface area contributed by atoms with Crippen molar-refractivity contribution >= 4 is 5.82 Å². The lowest BCUT2D eigenvalue weighted by Crippen LogP contribution is -2.41. The second-order valence-electron chi connectivity index (χ2n) is 6.50. The van der Waals surface area contributed by atoms with E-state index in [0.29, 0.717) is 0 Å². The van der Waals surface area contributed by atoms with E-state index in [1.807, 2.05) is 42.2 Å². The SMILES string of the molecule is Cn1ccnc1-c1ccc(NCC(c2cccnc2)N2CCOCC2)nn1. The lowest BCUT2D eigenvalue weighted by molar-refractivity contribution is 0.0186. The van der Waals surface area contributed by atoms with Gasteiger partial charge in [0.1, 0.15) is 11.5 Å². The molecule has 4 rings (SSSR count). The number of hydrogen-bond donors (Lipinski definition) is 1. The van der Waals surface area contributed by atoms with Crippen LogP contribution in [0.25, 0.3) is 11.5 Å². The Labute approximate surface area is 158 Å². The van der Waals surface area contributed by atoms with Gasteiger partial charge < -0.3 is 14.6 Å². The monoisotopic (exact) mass is 365 g/mol. The largest absolute Gasteiger partial charge is 0.379 e. The molecule has 0 bridgehead atoms. The maximum Gasteiger partial charge on any atom is 0.160 e. The summed E-state index contributed by atoms with van der Waals surface area (Å²) in [7, 11) is 1.94. The molecule has 0 saturated carbocycles. The second kappa shape index (κ2) is 8.24. The minimum Gasteiger partial charge on any atom is -0.379 e. The molecular weight excluding hydrogens is 342 g/mol. The van der Waals surface area contributed by atoms with E-state index in [1.165, 1.54) is 5.56 Å². The summed E-state index contributed by atoms with van der Waals surface area (Å²) in [4.78, 5) is 11.0. The molecule has 3 aromatic rings. The molecule has 0 spiro atoms. The van der Waals surface area contributed by atoms with Gasteiger partial charge in [0.25, 0.3) is 0 Å². The van der Waals surface area contributed by atoms with Crippen molar-refractivity contribution in [2.75, 3.05) is 38.2 Å². The number of imidazole rings is 1. The molecule has 0 radical (unpaired) electrons. The van der Waals surface area contributed by atoms with Gasteiger partial charge in [-0.3, -0.25) is 9.88 Å². The Morgan fingerprint density at radius 3 is 2.70 bits per heavy atom. The van der Waals surface area contributed by atoms with Crippen LogP contribution in [0, 0.1) is 0 Å². The molecule has 4 heterocycles. The van der Waals surface area contributed by atoms with Crippen molar-refractivity contribution in [2.45, 2.75) is 6.04 Å². The average Bonchev–Trinajstić information content (AvgIpc) is 3.16. The molecule has 1 N–H and O–H groups in total. The molecule has 1 atom stereocenters. The van der Waals surface area contributed by atoms with E-state index < -0.39 is 0 Å². The smallest absolute Gasteiger partial charge is 0.160 e. The molecule has 1 aliphatic rings. The van der Waals surface area contributed by atoms with Crippen molar-refractivity contribution < 1.29 is 4.74 Å². The van der Waals surface area contributed by atoms with Crippen LogP contribution in [0.4, 0.5) is 5.82 Å². The van der Waals surface area contributed by atoms with Gasteiger partial charge in [0.05, 0.1) is 19.3 Å². The van der Waals surface area contributed by atoms with E-state index in [0.717, 1.165) is 50.2 Å². The maximum absolute atomic E-state index is 5.50. The van der Waals surface area contributed by atoms with Crippen molar-refractivity contribution in [1.82, 2.24) is 29.6 Å². The third-order valence-corrected chi connectivity index (χ3v) is 4.75. The van der Waals surface area contributed by atoms with Crippen LogP contribution in [0.3, 0.4) is 0 Å². The summed E-state index contributed by atoms with van der Waals surface area (Å²) in [5.41, 5.74) is 1.94. The van der Waals surface area contributed by atoms with Gasteiger partial charge in [0, 0.05) is 51.5 Å². The number of ether oxygens (including phenoxy) is 1. The number of nitrogens with zero attached hydrogens (tertiary/aromatic N) is 6. The molecule has 0 amide bonds. The third kappa shape index (κ3) is 4.12. The van der Waals surface area contributed by atoms with Crippen molar-refractivity contribution in [3.63, 3.8) is 0 Å². The number of aromatic nitrogens is 5. The summed E-state index contributed by atoms with van der Waals surface area (Å²) in [6.45, 7) is 4.06. The van der Waals surface area contributed by atoms with Crippen LogP contribution in [0.1, 0.15) is 11.6 Å². The number of morpholine rings is 1. The molecule has 8 heteroatoms. The number of aryl methyl sites for hydroxylation is 1. The van der Waals surface area contributed by atoms with E-state index in [9.17, 15) is 0 Å². The van der Waals surface area contributed by atoms with Gasteiger partial charge in [-0.2, -0.15) is 0 Å². The minimum absolute atomic E-state index is 0.207. The van der Waals surface area contributed by atoms with Crippen LogP contribution in [-0.4, -0.2) is 62.5 Å². The summed E-state index contributed by atoms with van der Waals surface area (Å²) in [6, 6.07) is 8.18. The normalized spacial score (nSPS) is 16.2. The highest BCUT2D eigenvalue weighted by molar-refractivity contribution is 5.51. The Kier molecular flexibility index (Phi) is 5.36. The van der Waals surface area contributed by atoms with Crippen LogP contribution in [0.5, 0.6) is 0 Å². The Hall–Kier alpha value is -2.84. The van der Waals surface area contributed by atoms with Crippen molar-refractivity contribution in [1.29, 1.82) is 0 Å². The van der Waals surface area contributed by atoms with Crippen LogP contribution >= 0.6 is 0 Å². The van der Waals surface area contributed by atoms with Gasteiger partial charge >= 0.3 is 0 Å². The number of pyridine rings is 1. The highest BCUT2D eigenvalue weighted by Crippen LogP contribution is 2.22. The van der Waals surface area contributed by atoms with Crippen LogP contribution in [0.15, 0.2) is 49.1 Å². The Balaban J connectivity index is 1.46. The fourth-order valence-electron chi connectivity index (χ4n) is 3.28. The Morgan fingerprint density at radius 2 is 2.04 bits per heavy atom. The fraction of sp³-hybridized carbons (Fsp3) is 0.368. The van der Waals surface area contributed by atoms with E-state index in [1.54, 1.807) is 12.4 Å². The summed E-state index contributed by atoms with van der Waals surface area (Å²) in [5, 5.41) is 12.0. The topological polar surface area (TPSA) is 81.0 Å². The maximum atomic E-state index is 5.50. The van der Waals surface area contributed by atoms with E-state index >= 15 is 0 Å². The van der Waals surface area contributed by atoms with Crippen LogP contribution in [0.2, 0.25) is 0 Å². The molecule has 0 aliphatic carbocycles. The second-order valence-corrected chi connectivity index (χ2v) is 6.50. The molecule has 1 fully saturated rings. The Bertz CT molecular complexity index is 844. The van der Waals surface area contributed by atoms with Crippen LogP contribution in [-0.2, 0) is 11.8 Å². The molecule has 3 aromatic heterocycles. The predicted molar refractivity (Wildman–Crippen MR) is 102 cm³/mol. The fourth-order valence-corrected chi connectivity index (χ4v) is 3.28. The zero-order valence-corrected chi connectivity index (χ0v) is 15.3. The van der Waals surface area contributed by atoms with Gasteiger partial charge in [0.15, 0.2) is 5.82 Å². The van der Waals surface area contributed by atoms with Gasteiger partial charge in [-0.25, -0.2) is 4.98 Å². The van der Waals surface area contributed by atoms with E-state index in [-0.39, 0.29) is 6.04 Å². The number of anilines is 1. The van der Waals surface area contributed by atoms with Crippen molar-refractivity contribution in [3.8, 4) is 11.5 Å². The molecule has 1 saturated heterocycles. The van der Waals surface area contributed by atoms with Gasteiger partial charge in [-0.1, -0.05) is 6.07 Å². The first-order chi connectivity index (χ1) is 13.3. The highest BCUT2D eigenvalue weighted by Gasteiger charge is 2.22. The number of nitrogens with one attached hydrogen (secondary N) is 1. The number of hydrogen-bond acceptors (Lipinski definition) is 7. The summed E-state index contributed by atoms with van der Waals surface area (Å²) in [6.07, 6.45) is 7.38. The van der Waals surface area contributed by atoms with E-state index in [2.05, 4.69) is 36.4 Å². The zero-order chi connectivity index (χ0) is 18.5. The quantitative estimate of drug-likeness (QED) is 0.713. The molecular formula is C19H23N7O. The molecule has 8 nitrogen and oxygen atoms in total. The summed E-state index contributed by atoms with van der Waals surface area (Å²) in [5.74, 6) is 1.55. The molecule has 0 aromatic carbocycles. The van der Waals surface area contributed by atoms with Gasteiger partial charge in [-0.05, 0) is 23.8 Å². The summed E-state index contributed by atoms with van der Waals surface area (Å²) < 4.78 is 7.42. The van der Waals surface area contributed by atoms with Crippen LogP contribution < -0.4 is 5.32 Å². The van der Waals surface area contributed by atoms with E-state index in [4.69, 9.17) is 4.74 Å². The first-order valence-corrected chi connectivity index (χ1v) is 9.08. The first-order valence-electron chi connectivity index (χ1n) is 9.08. The third-order valence-electron chi connectivity index (χ3n) is 4.75. The van der Waals surface area contributed by atoms with Crippen molar-refractivity contribution in [2.24, 2.45) is 7.05 Å². The lowest BCUT2D eigenvalue weighted by Gasteiger charge is -2.34.